The highest BCUT2D eigenvalue weighted by Gasteiger charge is 2.18. The first-order valence-corrected chi connectivity index (χ1v) is 8.37. The Kier molecular flexibility index (Phi) is 6.04. The maximum Gasteiger partial charge on any atom is 0.146 e. The second kappa shape index (κ2) is 7.79. The van der Waals surface area contributed by atoms with Crippen LogP contribution in [0.25, 0.3) is 0 Å². The van der Waals surface area contributed by atoms with Crippen molar-refractivity contribution in [1.29, 1.82) is 0 Å². The second-order valence-electron chi connectivity index (χ2n) is 6.51. The van der Waals surface area contributed by atoms with Gasteiger partial charge in [-0.2, -0.15) is 0 Å². The molecule has 0 amide bonds. The van der Waals surface area contributed by atoms with E-state index in [9.17, 15) is 4.39 Å². The summed E-state index contributed by atoms with van der Waals surface area (Å²) in [5.41, 5.74) is 1.80. The number of hydrogen-bond acceptors (Lipinski definition) is 2. The molecule has 1 atom stereocenters. The average Bonchev–Trinajstić information content (AvgIpc) is 2.70. The zero-order valence-corrected chi connectivity index (χ0v) is 13.7. The number of halogens is 1. The third-order valence-corrected chi connectivity index (χ3v) is 4.49. The minimum atomic E-state index is -0.0759. The number of hydrogen-bond donors (Lipinski definition) is 1. The lowest BCUT2D eigenvalue weighted by atomic mass is 9.98. The number of benzene rings is 1. The Morgan fingerprint density at radius 2 is 2.10 bits per heavy atom. The van der Waals surface area contributed by atoms with Gasteiger partial charge in [0, 0.05) is 25.7 Å². The van der Waals surface area contributed by atoms with Gasteiger partial charge in [-0.15, -0.1) is 0 Å². The molecular formula is C18H29FN2. The first-order valence-electron chi connectivity index (χ1n) is 8.37. The summed E-state index contributed by atoms with van der Waals surface area (Å²) in [6, 6.07) is 6.12. The molecule has 2 rings (SSSR count). The quantitative estimate of drug-likeness (QED) is 0.868. The molecule has 1 N–H and O–H groups in total. The number of nitrogens with one attached hydrogen (secondary N) is 1. The van der Waals surface area contributed by atoms with Gasteiger partial charge >= 0.3 is 0 Å². The maximum absolute atomic E-state index is 14.4. The molecule has 1 aromatic rings. The van der Waals surface area contributed by atoms with Crippen LogP contribution in [0.5, 0.6) is 0 Å². The van der Waals surface area contributed by atoms with Crippen LogP contribution in [-0.2, 0) is 6.54 Å². The Hall–Kier alpha value is -1.09. The molecule has 0 aliphatic carbocycles. The smallest absolute Gasteiger partial charge is 0.146 e. The molecule has 3 heteroatoms. The van der Waals surface area contributed by atoms with Crippen LogP contribution < -0.4 is 10.2 Å². The lowest BCUT2D eigenvalue weighted by molar-refractivity contribution is 0.459. The Bertz CT molecular complexity index is 445. The van der Waals surface area contributed by atoms with Gasteiger partial charge in [0.15, 0.2) is 0 Å². The lowest BCUT2D eigenvalue weighted by Gasteiger charge is -2.24. The van der Waals surface area contributed by atoms with E-state index in [2.05, 4.69) is 37.1 Å². The zero-order valence-electron chi connectivity index (χ0n) is 13.7. The van der Waals surface area contributed by atoms with Crippen molar-refractivity contribution in [2.75, 3.05) is 18.0 Å². The van der Waals surface area contributed by atoms with Crippen molar-refractivity contribution >= 4 is 5.69 Å². The van der Waals surface area contributed by atoms with Gasteiger partial charge in [-0.3, -0.25) is 0 Å². The molecule has 1 aliphatic rings. The molecule has 1 aliphatic heterocycles. The van der Waals surface area contributed by atoms with Gasteiger partial charge in [0.25, 0.3) is 0 Å². The third-order valence-electron chi connectivity index (χ3n) is 4.49. The summed E-state index contributed by atoms with van der Waals surface area (Å²) in [4.78, 5) is 2.23. The molecule has 0 radical (unpaired) electrons. The second-order valence-corrected chi connectivity index (χ2v) is 6.51. The minimum Gasteiger partial charge on any atom is -0.369 e. The highest BCUT2D eigenvalue weighted by molar-refractivity contribution is 5.49. The Balaban J connectivity index is 2.02. The van der Waals surface area contributed by atoms with E-state index in [1.165, 1.54) is 25.7 Å². The molecular weight excluding hydrogens is 263 g/mol. The van der Waals surface area contributed by atoms with E-state index in [-0.39, 0.29) is 5.82 Å². The predicted molar refractivity (Wildman–Crippen MR) is 88.2 cm³/mol. The van der Waals surface area contributed by atoms with E-state index < -0.39 is 0 Å². The van der Waals surface area contributed by atoms with Gasteiger partial charge in [-0.05, 0) is 42.9 Å². The molecule has 1 fully saturated rings. The Morgan fingerprint density at radius 3 is 2.76 bits per heavy atom. The van der Waals surface area contributed by atoms with E-state index in [1.807, 2.05) is 6.07 Å². The summed E-state index contributed by atoms with van der Waals surface area (Å²) in [5.74, 6) is 0.737. The fraction of sp³-hybridized carbons (Fsp3) is 0.667. The molecule has 1 heterocycles. The van der Waals surface area contributed by atoms with Crippen LogP contribution in [0.15, 0.2) is 18.2 Å². The molecule has 1 unspecified atom stereocenters. The molecule has 0 spiro atoms. The van der Waals surface area contributed by atoms with Crippen molar-refractivity contribution in [3.63, 3.8) is 0 Å². The van der Waals surface area contributed by atoms with Gasteiger partial charge in [0.05, 0.1) is 5.69 Å². The van der Waals surface area contributed by atoms with Crippen molar-refractivity contribution in [1.82, 2.24) is 5.32 Å². The maximum atomic E-state index is 14.4. The number of anilines is 1. The fourth-order valence-corrected chi connectivity index (χ4v) is 3.05. The molecule has 0 saturated carbocycles. The summed E-state index contributed by atoms with van der Waals surface area (Å²) in [5, 5.41) is 3.33. The summed E-state index contributed by atoms with van der Waals surface area (Å²) in [6.07, 6.45) is 4.89. The first kappa shape index (κ1) is 16.3. The van der Waals surface area contributed by atoms with Crippen molar-refractivity contribution in [2.45, 2.75) is 59.0 Å². The van der Waals surface area contributed by atoms with E-state index in [0.717, 1.165) is 36.8 Å². The van der Waals surface area contributed by atoms with Crippen LogP contribution in [0.3, 0.4) is 0 Å². The van der Waals surface area contributed by atoms with Crippen LogP contribution in [0.2, 0.25) is 0 Å². The van der Waals surface area contributed by atoms with Crippen LogP contribution in [-0.4, -0.2) is 19.1 Å². The SMILES string of the molecule is CCC1CCCN(c2ccc(CNC(C)C)cc2F)CC1. The van der Waals surface area contributed by atoms with Crippen LogP contribution >= 0.6 is 0 Å². The van der Waals surface area contributed by atoms with Crippen LogP contribution in [0, 0.1) is 11.7 Å². The summed E-state index contributed by atoms with van der Waals surface area (Å²) >= 11 is 0. The molecule has 1 aromatic carbocycles. The van der Waals surface area contributed by atoms with Gasteiger partial charge in [-0.1, -0.05) is 33.3 Å². The average molecular weight is 292 g/mol. The number of nitrogens with zero attached hydrogens (tertiary/aromatic N) is 1. The van der Waals surface area contributed by atoms with E-state index in [4.69, 9.17) is 0 Å². The minimum absolute atomic E-state index is 0.0759. The lowest BCUT2D eigenvalue weighted by Crippen LogP contribution is -2.25. The fourth-order valence-electron chi connectivity index (χ4n) is 3.05. The highest BCUT2D eigenvalue weighted by Crippen LogP contribution is 2.26. The topological polar surface area (TPSA) is 15.3 Å². The van der Waals surface area contributed by atoms with Crippen molar-refractivity contribution in [3.05, 3.63) is 29.6 Å². The molecule has 1 saturated heterocycles. The summed E-state index contributed by atoms with van der Waals surface area (Å²) in [6.45, 7) is 9.17. The van der Waals surface area contributed by atoms with E-state index in [1.54, 1.807) is 6.07 Å². The molecule has 21 heavy (non-hydrogen) atoms. The van der Waals surface area contributed by atoms with Crippen LogP contribution in [0.4, 0.5) is 10.1 Å². The van der Waals surface area contributed by atoms with Crippen molar-refractivity contribution in [3.8, 4) is 0 Å². The molecule has 0 aromatic heterocycles. The van der Waals surface area contributed by atoms with Gasteiger partial charge in [0.1, 0.15) is 5.82 Å². The first-order chi connectivity index (χ1) is 10.1. The third kappa shape index (κ3) is 4.70. The van der Waals surface area contributed by atoms with E-state index in [0.29, 0.717) is 6.04 Å². The monoisotopic (exact) mass is 292 g/mol. The van der Waals surface area contributed by atoms with Gasteiger partial charge < -0.3 is 10.2 Å². The van der Waals surface area contributed by atoms with Crippen LogP contribution in [0.1, 0.15) is 52.0 Å². The highest BCUT2D eigenvalue weighted by atomic mass is 19.1. The Morgan fingerprint density at radius 1 is 1.29 bits per heavy atom. The Labute approximate surface area is 128 Å². The van der Waals surface area contributed by atoms with Crippen molar-refractivity contribution in [2.24, 2.45) is 5.92 Å². The largest absolute Gasteiger partial charge is 0.369 e. The summed E-state index contributed by atoms with van der Waals surface area (Å²) in [7, 11) is 0. The predicted octanol–water partition coefficient (Wildman–Crippen LogP) is 4.34. The zero-order chi connectivity index (χ0) is 15.2. The van der Waals surface area contributed by atoms with E-state index >= 15 is 0 Å². The van der Waals surface area contributed by atoms with Crippen molar-refractivity contribution < 1.29 is 4.39 Å². The normalized spacial score (nSPS) is 19.9. The molecule has 0 bridgehead atoms. The number of rotatable bonds is 5. The molecule has 2 nitrogen and oxygen atoms in total. The standard InChI is InChI=1S/C18H29FN2/c1-4-15-6-5-10-21(11-9-15)18-8-7-16(12-17(18)19)13-20-14(2)3/h7-8,12,14-15,20H,4-6,9-11,13H2,1-3H3. The van der Waals surface area contributed by atoms with Gasteiger partial charge in [-0.25, -0.2) is 4.39 Å². The van der Waals surface area contributed by atoms with Gasteiger partial charge in [0.2, 0.25) is 0 Å². The molecule has 118 valence electrons. The summed E-state index contributed by atoms with van der Waals surface area (Å²) < 4.78 is 14.4.